The Morgan fingerprint density at radius 3 is 2.85 bits per heavy atom. The molecule has 0 aliphatic rings. The van der Waals surface area contributed by atoms with Crippen molar-refractivity contribution in [2.45, 2.75) is 13.3 Å². The van der Waals surface area contributed by atoms with Gasteiger partial charge in [-0.1, -0.05) is 12.1 Å². The zero-order valence-corrected chi connectivity index (χ0v) is 12.1. The second kappa shape index (κ2) is 7.83. The van der Waals surface area contributed by atoms with Gasteiger partial charge < -0.3 is 10.2 Å². The van der Waals surface area contributed by atoms with Crippen LogP contribution in [0.5, 0.6) is 0 Å². The standard InChI is InChI=1S/C12H19N3O4S.2H2/c1-2-20(17,18)15-11-5-3-4-10(8-11)9-12(16)14-6-7-19-13;;/h3-5,8,15H,2,6-7,9,13H2,1H3,(H,14,16);2*1H. The minimum atomic E-state index is -3.32. The summed E-state index contributed by atoms with van der Waals surface area (Å²) in [6.45, 7) is 2.12. The molecule has 0 atom stereocenters. The van der Waals surface area contributed by atoms with Gasteiger partial charge in [0.05, 0.1) is 18.8 Å². The maximum absolute atomic E-state index is 11.6. The Kier molecular flexibility index (Phi) is 6.43. The molecule has 1 rings (SSSR count). The molecule has 1 aromatic carbocycles. The summed E-state index contributed by atoms with van der Waals surface area (Å²) < 4.78 is 25.4. The molecule has 116 valence electrons. The van der Waals surface area contributed by atoms with Gasteiger partial charge in [-0.2, -0.15) is 0 Å². The molecule has 0 unspecified atom stereocenters. The predicted molar refractivity (Wildman–Crippen MR) is 80.6 cm³/mol. The zero-order chi connectivity index (χ0) is 15.0. The van der Waals surface area contributed by atoms with Crippen molar-refractivity contribution >= 4 is 21.6 Å². The maximum atomic E-state index is 11.6. The minimum absolute atomic E-state index is 0. The molecule has 0 bridgehead atoms. The second-order valence-corrected chi connectivity index (χ2v) is 6.11. The number of nitrogens with two attached hydrogens (primary N) is 1. The maximum Gasteiger partial charge on any atom is 0.232 e. The summed E-state index contributed by atoms with van der Waals surface area (Å²) in [5.74, 6) is 4.66. The zero-order valence-electron chi connectivity index (χ0n) is 11.3. The van der Waals surface area contributed by atoms with E-state index < -0.39 is 10.0 Å². The molecular formula is C12H23N3O4S. The highest BCUT2D eigenvalue weighted by Gasteiger charge is 2.08. The Bertz CT molecular complexity index is 555. The number of amides is 1. The van der Waals surface area contributed by atoms with Crippen LogP contribution in [0.15, 0.2) is 24.3 Å². The molecule has 1 aromatic rings. The van der Waals surface area contributed by atoms with Gasteiger partial charge in [0.2, 0.25) is 15.9 Å². The van der Waals surface area contributed by atoms with Crippen LogP contribution in [0.4, 0.5) is 5.69 Å². The third-order valence-corrected chi connectivity index (χ3v) is 3.79. The summed E-state index contributed by atoms with van der Waals surface area (Å²) in [7, 11) is -3.32. The van der Waals surface area contributed by atoms with Crippen molar-refractivity contribution in [2.24, 2.45) is 5.90 Å². The number of hydrogen-bond donors (Lipinski definition) is 3. The van der Waals surface area contributed by atoms with Crippen LogP contribution in [0.25, 0.3) is 0 Å². The third-order valence-electron chi connectivity index (χ3n) is 2.49. The molecule has 0 aromatic heterocycles. The monoisotopic (exact) mass is 305 g/mol. The van der Waals surface area contributed by atoms with Gasteiger partial charge in [0.1, 0.15) is 0 Å². The van der Waals surface area contributed by atoms with Crippen molar-refractivity contribution in [1.82, 2.24) is 5.32 Å². The van der Waals surface area contributed by atoms with Gasteiger partial charge in [-0.25, -0.2) is 14.3 Å². The highest BCUT2D eigenvalue weighted by Crippen LogP contribution is 2.13. The van der Waals surface area contributed by atoms with E-state index in [4.69, 9.17) is 5.90 Å². The molecule has 0 saturated heterocycles. The molecule has 0 spiro atoms. The van der Waals surface area contributed by atoms with E-state index in [-0.39, 0.29) is 27.5 Å². The van der Waals surface area contributed by atoms with E-state index in [9.17, 15) is 13.2 Å². The first kappa shape index (κ1) is 16.4. The number of rotatable bonds is 8. The van der Waals surface area contributed by atoms with Crippen molar-refractivity contribution in [3.8, 4) is 0 Å². The molecule has 4 N–H and O–H groups in total. The van der Waals surface area contributed by atoms with Gasteiger partial charge >= 0.3 is 0 Å². The summed E-state index contributed by atoms with van der Waals surface area (Å²) in [5, 5.41) is 2.63. The van der Waals surface area contributed by atoms with E-state index in [0.29, 0.717) is 17.8 Å². The number of carbonyl (C=O) groups excluding carboxylic acids is 1. The van der Waals surface area contributed by atoms with Crippen molar-refractivity contribution < 1.29 is 20.9 Å². The lowest BCUT2D eigenvalue weighted by Gasteiger charge is -2.08. The molecule has 1 amide bonds. The number of hydrogen-bond acceptors (Lipinski definition) is 5. The molecule has 0 heterocycles. The topological polar surface area (TPSA) is 111 Å². The fourth-order valence-corrected chi connectivity index (χ4v) is 2.12. The number of benzene rings is 1. The first-order valence-corrected chi connectivity index (χ1v) is 7.80. The van der Waals surface area contributed by atoms with Crippen molar-refractivity contribution in [1.29, 1.82) is 0 Å². The largest absolute Gasteiger partial charge is 0.353 e. The van der Waals surface area contributed by atoms with Crippen molar-refractivity contribution in [2.75, 3.05) is 23.6 Å². The molecule has 20 heavy (non-hydrogen) atoms. The first-order chi connectivity index (χ1) is 9.46. The average Bonchev–Trinajstić information content (AvgIpc) is 2.39. The lowest BCUT2D eigenvalue weighted by atomic mass is 10.1. The highest BCUT2D eigenvalue weighted by atomic mass is 32.2. The predicted octanol–water partition coefficient (Wildman–Crippen LogP) is 0.489. The fraction of sp³-hybridized carbons (Fsp3) is 0.417. The lowest BCUT2D eigenvalue weighted by molar-refractivity contribution is -0.120. The summed E-state index contributed by atoms with van der Waals surface area (Å²) in [6, 6.07) is 6.71. The van der Waals surface area contributed by atoms with Gasteiger partial charge in [0, 0.05) is 15.1 Å². The van der Waals surface area contributed by atoms with Gasteiger partial charge in [0.25, 0.3) is 0 Å². The molecule has 8 heteroatoms. The Hall–Kier alpha value is -1.64. The van der Waals surface area contributed by atoms with Crippen LogP contribution in [0.1, 0.15) is 15.3 Å². The number of sulfonamides is 1. The molecular weight excluding hydrogens is 282 g/mol. The van der Waals surface area contributed by atoms with Crippen LogP contribution >= 0.6 is 0 Å². The second-order valence-electron chi connectivity index (χ2n) is 4.10. The molecule has 0 aliphatic heterocycles. The van der Waals surface area contributed by atoms with Crippen LogP contribution in [-0.4, -0.2) is 33.2 Å². The van der Waals surface area contributed by atoms with Gasteiger partial charge in [0.15, 0.2) is 0 Å². The lowest BCUT2D eigenvalue weighted by Crippen LogP contribution is -2.29. The van der Waals surface area contributed by atoms with Crippen molar-refractivity contribution in [3.63, 3.8) is 0 Å². The fourth-order valence-electron chi connectivity index (χ4n) is 1.49. The van der Waals surface area contributed by atoms with Crippen LogP contribution in [-0.2, 0) is 26.1 Å². The molecule has 0 aliphatic carbocycles. The van der Waals surface area contributed by atoms with E-state index >= 15 is 0 Å². The summed E-state index contributed by atoms with van der Waals surface area (Å²) in [4.78, 5) is 15.9. The Labute approximate surface area is 121 Å². The Morgan fingerprint density at radius 2 is 2.20 bits per heavy atom. The normalized spacial score (nSPS) is 11.1. The smallest absolute Gasteiger partial charge is 0.232 e. The number of nitrogens with one attached hydrogen (secondary N) is 2. The molecule has 0 radical (unpaired) electrons. The minimum Gasteiger partial charge on any atom is -0.353 e. The van der Waals surface area contributed by atoms with Crippen LogP contribution in [0.2, 0.25) is 0 Å². The number of anilines is 1. The van der Waals surface area contributed by atoms with Crippen LogP contribution < -0.4 is 15.9 Å². The summed E-state index contributed by atoms with van der Waals surface area (Å²) >= 11 is 0. The van der Waals surface area contributed by atoms with Crippen molar-refractivity contribution in [3.05, 3.63) is 29.8 Å². The van der Waals surface area contributed by atoms with E-state index in [1.165, 1.54) is 0 Å². The Morgan fingerprint density at radius 1 is 1.45 bits per heavy atom. The third kappa shape index (κ3) is 6.00. The molecule has 0 saturated carbocycles. The van der Waals surface area contributed by atoms with E-state index in [1.807, 2.05) is 0 Å². The van der Waals surface area contributed by atoms with E-state index in [0.717, 1.165) is 0 Å². The number of carbonyl (C=O) groups is 1. The van der Waals surface area contributed by atoms with E-state index in [1.54, 1.807) is 31.2 Å². The highest BCUT2D eigenvalue weighted by molar-refractivity contribution is 7.92. The molecule has 7 nitrogen and oxygen atoms in total. The average molecular weight is 305 g/mol. The van der Waals surface area contributed by atoms with Gasteiger partial charge in [-0.15, -0.1) is 0 Å². The SMILES string of the molecule is CCS(=O)(=O)Nc1cccc(CC(=O)NCCON)c1.[HH].[HH]. The van der Waals surface area contributed by atoms with Crippen LogP contribution in [0.3, 0.4) is 0 Å². The van der Waals surface area contributed by atoms with Crippen LogP contribution in [0, 0.1) is 0 Å². The first-order valence-electron chi connectivity index (χ1n) is 6.14. The quantitative estimate of drug-likeness (QED) is 0.478. The van der Waals surface area contributed by atoms with Gasteiger partial charge in [-0.3, -0.25) is 9.52 Å². The molecule has 0 fully saturated rings. The summed E-state index contributed by atoms with van der Waals surface area (Å²) in [5.41, 5.74) is 1.16. The van der Waals surface area contributed by atoms with E-state index in [2.05, 4.69) is 14.9 Å². The Balaban J connectivity index is 0. The van der Waals surface area contributed by atoms with Gasteiger partial charge in [-0.05, 0) is 24.6 Å². The summed E-state index contributed by atoms with van der Waals surface area (Å²) in [6.07, 6.45) is 0.159.